The minimum atomic E-state index is -1.04. The Hall–Kier alpha value is -3.67. The van der Waals surface area contributed by atoms with Crippen LogP contribution in [0.2, 0.25) is 0 Å². The van der Waals surface area contributed by atoms with Crippen LogP contribution in [0, 0.1) is 0 Å². The number of amides is 1. The maximum absolute atomic E-state index is 12.6. The topological polar surface area (TPSA) is 92.7 Å². The van der Waals surface area contributed by atoms with Gasteiger partial charge in [-0.1, -0.05) is 124 Å². The van der Waals surface area contributed by atoms with Gasteiger partial charge in [0.2, 0.25) is 5.91 Å². The molecule has 0 radical (unpaired) electrons. The molecule has 0 aliphatic heterocycles. The zero-order valence-corrected chi connectivity index (χ0v) is 30.0. The Morgan fingerprint density at radius 1 is 0.562 bits per heavy atom. The molecule has 6 nitrogen and oxygen atoms in total. The van der Waals surface area contributed by atoms with Gasteiger partial charge in [-0.05, 0) is 96.0 Å². The van der Waals surface area contributed by atoms with Crippen molar-refractivity contribution in [3.63, 3.8) is 0 Å². The molecule has 0 aromatic carbocycles. The van der Waals surface area contributed by atoms with E-state index in [0.717, 1.165) is 103 Å². The van der Waals surface area contributed by atoms with Crippen molar-refractivity contribution in [2.75, 3.05) is 6.54 Å². The Bertz CT molecular complexity index is 1040. The van der Waals surface area contributed by atoms with Gasteiger partial charge in [0, 0.05) is 12.8 Å². The summed E-state index contributed by atoms with van der Waals surface area (Å²) in [5.74, 6) is -1.42. The summed E-state index contributed by atoms with van der Waals surface area (Å²) in [6.45, 7) is 3.93. The highest BCUT2D eigenvalue weighted by molar-refractivity contribution is 5.80. The fourth-order valence-corrected chi connectivity index (χ4v) is 4.59. The summed E-state index contributed by atoms with van der Waals surface area (Å²) in [6.07, 6.45) is 51.1. The van der Waals surface area contributed by atoms with E-state index in [0.29, 0.717) is 19.3 Å². The molecule has 0 bridgehead atoms. The third-order valence-corrected chi connectivity index (χ3v) is 7.24. The van der Waals surface area contributed by atoms with Crippen molar-refractivity contribution in [2.45, 2.75) is 142 Å². The van der Waals surface area contributed by atoms with Crippen molar-refractivity contribution in [1.82, 2.24) is 5.32 Å². The second kappa shape index (κ2) is 36.2. The van der Waals surface area contributed by atoms with Crippen LogP contribution >= 0.6 is 0 Å². The fraction of sp³-hybridized carbons (Fsp3) is 0.548. The summed E-state index contributed by atoms with van der Waals surface area (Å²) in [5.41, 5.74) is 0. The Morgan fingerprint density at radius 2 is 1.02 bits per heavy atom. The predicted octanol–water partition coefficient (Wildman–Crippen LogP) is 11.0. The maximum Gasteiger partial charge on any atom is 0.322 e. The number of hydrogen-bond donors (Lipinski definition) is 2. The first-order valence-electron chi connectivity index (χ1n) is 18.4. The average Bonchev–Trinajstić information content (AvgIpc) is 3.07. The predicted molar refractivity (Wildman–Crippen MR) is 203 cm³/mol. The smallest absolute Gasteiger partial charge is 0.322 e. The number of carboxylic acid groups (broad SMARTS) is 1. The molecule has 6 heteroatoms. The van der Waals surface area contributed by atoms with E-state index in [2.05, 4.69) is 110 Å². The minimum Gasteiger partial charge on any atom is -0.480 e. The molecule has 0 aliphatic carbocycles. The Morgan fingerprint density at radius 3 is 1.56 bits per heavy atom. The summed E-state index contributed by atoms with van der Waals surface area (Å²) in [7, 11) is 0. The number of unbranched alkanes of at least 4 members (excludes halogenated alkanes) is 6. The Balaban J connectivity index is 4.27. The molecule has 0 spiro atoms. The summed E-state index contributed by atoms with van der Waals surface area (Å²) < 4.78 is 5.83. The van der Waals surface area contributed by atoms with E-state index in [1.54, 1.807) is 0 Å². The lowest BCUT2D eigenvalue weighted by Crippen LogP contribution is -2.28. The second-order valence-corrected chi connectivity index (χ2v) is 11.7. The molecule has 48 heavy (non-hydrogen) atoms. The zero-order valence-electron chi connectivity index (χ0n) is 30.0. The number of hydrogen-bond acceptors (Lipinski definition) is 4. The molecule has 0 fully saturated rings. The van der Waals surface area contributed by atoms with E-state index in [9.17, 15) is 14.4 Å². The average molecular weight is 664 g/mol. The van der Waals surface area contributed by atoms with Crippen LogP contribution in [0.4, 0.5) is 0 Å². The number of carbonyl (C=O) groups is 3. The third-order valence-electron chi connectivity index (χ3n) is 7.24. The van der Waals surface area contributed by atoms with E-state index >= 15 is 0 Å². The molecular formula is C42H65NO5. The normalized spacial score (nSPS) is 13.2. The number of allylic oxidation sites excluding steroid dienone is 15. The number of rotatable bonds is 31. The first-order chi connectivity index (χ1) is 23.5. The minimum absolute atomic E-state index is 0.144. The summed E-state index contributed by atoms with van der Waals surface area (Å²) in [6, 6.07) is 0. The molecule has 1 unspecified atom stereocenters. The SMILES string of the molecule is CC/C=C\C/C=C\C/C=C\C/C=C\C/C=C\CCCCCC(=O)OC(/C=C\C/C=C\C/C=C\CC)CCCCCCC(=O)NCC(=O)O. The van der Waals surface area contributed by atoms with Gasteiger partial charge in [-0.3, -0.25) is 14.4 Å². The first kappa shape index (κ1) is 44.3. The highest BCUT2D eigenvalue weighted by Gasteiger charge is 2.11. The molecule has 0 aromatic rings. The molecule has 1 amide bonds. The maximum atomic E-state index is 12.6. The van der Waals surface area contributed by atoms with Gasteiger partial charge >= 0.3 is 11.9 Å². The van der Waals surface area contributed by atoms with E-state index in [1.807, 2.05) is 6.08 Å². The van der Waals surface area contributed by atoms with Crippen LogP contribution in [0.25, 0.3) is 0 Å². The monoisotopic (exact) mass is 663 g/mol. The molecule has 0 aliphatic rings. The Labute approximate surface area is 292 Å². The van der Waals surface area contributed by atoms with E-state index in [-0.39, 0.29) is 24.5 Å². The molecule has 0 aromatic heterocycles. The molecule has 0 rings (SSSR count). The highest BCUT2D eigenvalue weighted by Crippen LogP contribution is 2.14. The summed E-state index contributed by atoms with van der Waals surface area (Å²) >= 11 is 0. The van der Waals surface area contributed by atoms with Crippen molar-refractivity contribution in [3.8, 4) is 0 Å². The number of ether oxygens (including phenoxy) is 1. The second-order valence-electron chi connectivity index (χ2n) is 11.7. The van der Waals surface area contributed by atoms with Gasteiger partial charge in [-0.15, -0.1) is 0 Å². The van der Waals surface area contributed by atoms with E-state index < -0.39 is 5.97 Å². The van der Waals surface area contributed by atoms with Gasteiger partial charge in [0.15, 0.2) is 0 Å². The van der Waals surface area contributed by atoms with Crippen molar-refractivity contribution in [1.29, 1.82) is 0 Å². The van der Waals surface area contributed by atoms with Crippen molar-refractivity contribution in [3.05, 3.63) is 97.2 Å². The lowest BCUT2D eigenvalue weighted by Gasteiger charge is -2.14. The summed E-state index contributed by atoms with van der Waals surface area (Å²) in [5, 5.41) is 11.0. The van der Waals surface area contributed by atoms with Gasteiger partial charge < -0.3 is 15.2 Å². The molecular weight excluding hydrogens is 598 g/mol. The molecule has 0 saturated carbocycles. The number of carbonyl (C=O) groups excluding carboxylic acids is 2. The Kier molecular flexibility index (Phi) is 33.4. The zero-order chi connectivity index (χ0) is 35.2. The molecule has 0 heterocycles. The standard InChI is InChI=1S/C42H65NO5/c1-3-5-7-9-11-13-14-15-16-17-18-19-20-21-22-23-25-27-33-37-42(47)48-39(34-30-26-24-12-10-8-6-4-2)35-31-28-29-32-36-40(44)43-38-41(45)46/h5-8,11-13,15-16,18-19,21-22,24,30,34,39H,3-4,9-10,14,17,20,23,25-29,31-33,35-38H2,1-2H3,(H,43,44)(H,45,46)/b7-5-,8-6-,13-11-,16-15-,19-18-,22-21-,24-12-,34-30-. The highest BCUT2D eigenvalue weighted by atomic mass is 16.5. The van der Waals surface area contributed by atoms with Crippen molar-refractivity contribution >= 4 is 17.8 Å². The molecule has 0 saturated heterocycles. The first-order valence-corrected chi connectivity index (χ1v) is 18.4. The summed E-state index contributed by atoms with van der Waals surface area (Å²) in [4.78, 5) is 34.8. The van der Waals surface area contributed by atoms with Gasteiger partial charge in [0.05, 0.1) is 0 Å². The van der Waals surface area contributed by atoms with Crippen LogP contribution in [-0.4, -0.2) is 35.6 Å². The van der Waals surface area contributed by atoms with Crippen LogP contribution < -0.4 is 5.32 Å². The number of nitrogens with one attached hydrogen (secondary N) is 1. The van der Waals surface area contributed by atoms with Gasteiger partial charge in [-0.25, -0.2) is 0 Å². The quantitative estimate of drug-likeness (QED) is 0.0437. The number of carboxylic acids is 1. The van der Waals surface area contributed by atoms with Crippen molar-refractivity contribution < 1.29 is 24.2 Å². The van der Waals surface area contributed by atoms with Crippen LogP contribution in [-0.2, 0) is 19.1 Å². The van der Waals surface area contributed by atoms with Gasteiger partial charge in [0.25, 0.3) is 0 Å². The fourth-order valence-electron chi connectivity index (χ4n) is 4.59. The van der Waals surface area contributed by atoms with Crippen LogP contribution in [0.1, 0.15) is 136 Å². The van der Waals surface area contributed by atoms with Crippen LogP contribution in [0.3, 0.4) is 0 Å². The lowest BCUT2D eigenvalue weighted by atomic mass is 10.1. The molecule has 268 valence electrons. The third kappa shape index (κ3) is 35.2. The molecule has 2 N–H and O–H groups in total. The number of aliphatic carboxylic acids is 1. The lowest BCUT2D eigenvalue weighted by molar-refractivity contribution is -0.147. The van der Waals surface area contributed by atoms with Crippen LogP contribution in [0.15, 0.2) is 97.2 Å². The van der Waals surface area contributed by atoms with Gasteiger partial charge in [0.1, 0.15) is 12.6 Å². The largest absolute Gasteiger partial charge is 0.480 e. The molecule has 1 atom stereocenters. The van der Waals surface area contributed by atoms with Crippen LogP contribution in [0.5, 0.6) is 0 Å². The van der Waals surface area contributed by atoms with Gasteiger partial charge in [-0.2, -0.15) is 0 Å². The van der Waals surface area contributed by atoms with E-state index in [1.165, 1.54) is 0 Å². The van der Waals surface area contributed by atoms with Crippen molar-refractivity contribution in [2.24, 2.45) is 0 Å². The number of esters is 1. The van der Waals surface area contributed by atoms with E-state index in [4.69, 9.17) is 9.84 Å².